The topological polar surface area (TPSA) is 41.6 Å². The lowest BCUT2D eigenvalue weighted by Gasteiger charge is -2.01. The number of aryl methyl sites for hydroxylation is 1. The molecule has 0 unspecified atom stereocenters. The molecule has 0 fully saturated rings. The van der Waals surface area contributed by atoms with Crippen LogP contribution in [0.15, 0.2) is 41.7 Å². The molecular weight excluding hydrogens is 266 g/mol. The third kappa shape index (κ3) is 2.70. The molecule has 0 bridgehead atoms. The molecule has 0 saturated heterocycles. The molecule has 0 spiro atoms. The van der Waals surface area contributed by atoms with E-state index in [1.807, 2.05) is 19.2 Å². The summed E-state index contributed by atoms with van der Waals surface area (Å²) in [5.41, 5.74) is 5.39. The van der Waals surface area contributed by atoms with Gasteiger partial charge in [0.15, 0.2) is 5.16 Å². The minimum Gasteiger partial charge on any atom is -0.333 e. The van der Waals surface area contributed by atoms with Gasteiger partial charge < -0.3 is 4.98 Å². The van der Waals surface area contributed by atoms with Crippen LogP contribution in [0.5, 0.6) is 0 Å². The number of nitrogens with zero attached hydrogens (tertiary/aromatic N) is 2. The summed E-state index contributed by atoms with van der Waals surface area (Å²) in [5, 5.41) is 1.51. The van der Waals surface area contributed by atoms with E-state index in [0.717, 1.165) is 33.0 Å². The zero-order chi connectivity index (χ0) is 14.1. The smallest absolute Gasteiger partial charge is 0.166 e. The second kappa shape index (κ2) is 5.29. The molecule has 3 aromatic rings. The molecule has 1 N–H and O–H groups in total. The van der Waals surface area contributed by atoms with Crippen LogP contribution in [-0.2, 0) is 0 Å². The van der Waals surface area contributed by atoms with Crippen molar-refractivity contribution in [1.29, 1.82) is 0 Å². The van der Waals surface area contributed by atoms with E-state index >= 15 is 0 Å². The van der Waals surface area contributed by atoms with Gasteiger partial charge in [-0.2, -0.15) is 0 Å². The zero-order valence-corrected chi connectivity index (χ0v) is 12.7. The van der Waals surface area contributed by atoms with Crippen LogP contribution in [0.4, 0.5) is 0 Å². The second-order valence-electron chi connectivity index (χ2n) is 5.13. The van der Waals surface area contributed by atoms with Crippen molar-refractivity contribution in [3.05, 3.63) is 42.2 Å². The molecule has 0 aliphatic carbocycles. The van der Waals surface area contributed by atoms with E-state index in [1.54, 1.807) is 11.8 Å². The van der Waals surface area contributed by atoms with E-state index in [-0.39, 0.29) is 0 Å². The van der Waals surface area contributed by atoms with E-state index in [1.165, 1.54) is 0 Å². The predicted molar refractivity (Wildman–Crippen MR) is 85.1 cm³/mol. The van der Waals surface area contributed by atoms with Crippen LogP contribution in [0.2, 0.25) is 0 Å². The molecule has 3 nitrogen and oxygen atoms in total. The van der Waals surface area contributed by atoms with Gasteiger partial charge in [-0.05, 0) is 30.7 Å². The molecule has 0 radical (unpaired) electrons. The number of thioether (sulfide) groups is 1. The van der Waals surface area contributed by atoms with Gasteiger partial charge in [-0.3, -0.25) is 4.98 Å². The molecule has 20 heavy (non-hydrogen) atoms. The van der Waals surface area contributed by atoms with Gasteiger partial charge >= 0.3 is 0 Å². The fourth-order valence-corrected chi connectivity index (χ4v) is 2.85. The number of rotatable bonds is 3. The standard InChI is InChI=1S/C16H17N3S/c1-10(2)20-16-18-14-7-6-12(8-15(14)19-16)13-5-4-11(3)17-9-13/h4-10H,1-3H3,(H,18,19). The van der Waals surface area contributed by atoms with Gasteiger partial charge in [0.05, 0.1) is 11.0 Å². The predicted octanol–water partition coefficient (Wildman–Crippen LogP) is 4.43. The Morgan fingerprint density at radius 2 is 1.90 bits per heavy atom. The van der Waals surface area contributed by atoms with Crippen LogP contribution in [0.1, 0.15) is 19.5 Å². The molecule has 3 rings (SSSR count). The maximum Gasteiger partial charge on any atom is 0.166 e. The number of fused-ring (bicyclic) bond motifs is 1. The SMILES string of the molecule is Cc1ccc(-c2ccc3[nH]c(SC(C)C)nc3c2)cn1. The fourth-order valence-electron chi connectivity index (χ4n) is 2.08. The molecule has 0 atom stereocenters. The Hall–Kier alpha value is -1.81. The highest BCUT2D eigenvalue weighted by molar-refractivity contribution is 7.99. The van der Waals surface area contributed by atoms with Crippen LogP contribution in [-0.4, -0.2) is 20.2 Å². The second-order valence-corrected chi connectivity index (χ2v) is 6.69. The minimum absolute atomic E-state index is 0.524. The maximum absolute atomic E-state index is 4.64. The number of hydrogen-bond donors (Lipinski definition) is 1. The molecule has 2 heterocycles. The highest BCUT2D eigenvalue weighted by Crippen LogP contribution is 2.26. The molecule has 2 aromatic heterocycles. The van der Waals surface area contributed by atoms with Crippen molar-refractivity contribution in [2.24, 2.45) is 0 Å². The molecular formula is C16H17N3S. The highest BCUT2D eigenvalue weighted by atomic mass is 32.2. The first-order valence-electron chi connectivity index (χ1n) is 6.71. The van der Waals surface area contributed by atoms with Crippen molar-refractivity contribution < 1.29 is 0 Å². The Labute approximate surface area is 122 Å². The molecule has 4 heteroatoms. The Balaban J connectivity index is 1.99. The van der Waals surface area contributed by atoms with E-state index < -0.39 is 0 Å². The Morgan fingerprint density at radius 3 is 2.60 bits per heavy atom. The summed E-state index contributed by atoms with van der Waals surface area (Å²) in [6.07, 6.45) is 1.91. The number of aromatic amines is 1. The average molecular weight is 283 g/mol. The summed E-state index contributed by atoms with van der Waals surface area (Å²) >= 11 is 1.75. The summed E-state index contributed by atoms with van der Waals surface area (Å²) < 4.78 is 0. The Bertz CT molecular complexity index is 729. The Morgan fingerprint density at radius 1 is 1.10 bits per heavy atom. The highest BCUT2D eigenvalue weighted by Gasteiger charge is 2.07. The quantitative estimate of drug-likeness (QED) is 0.723. The number of aromatic nitrogens is 3. The number of hydrogen-bond acceptors (Lipinski definition) is 3. The van der Waals surface area contributed by atoms with Crippen LogP contribution in [0.3, 0.4) is 0 Å². The van der Waals surface area contributed by atoms with Gasteiger partial charge in [0.1, 0.15) is 0 Å². The number of nitrogens with one attached hydrogen (secondary N) is 1. The van der Waals surface area contributed by atoms with Gasteiger partial charge in [0.2, 0.25) is 0 Å². The van der Waals surface area contributed by atoms with Gasteiger partial charge in [0, 0.05) is 22.7 Å². The first kappa shape index (κ1) is 13.2. The number of imidazole rings is 1. The minimum atomic E-state index is 0.524. The van der Waals surface area contributed by atoms with Crippen molar-refractivity contribution in [3.8, 4) is 11.1 Å². The third-order valence-corrected chi connectivity index (χ3v) is 3.94. The summed E-state index contributed by atoms with van der Waals surface area (Å²) in [5.74, 6) is 0. The number of H-pyrrole nitrogens is 1. The van der Waals surface area contributed by atoms with Crippen LogP contribution < -0.4 is 0 Å². The van der Waals surface area contributed by atoms with Crippen molar-refractivity contribution in [2.45, 2.75) is 31.2 Å². The average Bonchev–Trinajstić information content (AvgIpc) is 2.79. The van der Waals surface area contributed by atoms with E-state index in [9.17, 15) is 0 Å². The molecule has 0 amide bonds. The van der Waals surface area contributed by atoms with Gasteiger partial charge in [-0.25, -0.2) is 4.98 Å². The lowest BCUT2D eigenvalue weighted by molar-refractivity contribution is 1.04. The lowest BCUT2D eigenvalue weighted by Crippen LogP contribution is -1.86. The van der Waals surface area contributed by atoms with Gasteiger partial charge in [-0.1, -0.05) is 37.7 Å². The molecule has 1 aromatic carbocycles. The summed E-state index contributed by atoms with van der Waals surface area (Å²) in [4.78, 5) is 12.3. The maximum atomic E-state index is 4.64. The molecule has 0 saturated carbocycles. The van der Waals surface area contributed by atoms with E-state index in [4.69, 9.17) is 0 Å². The number of benzene rings is 1. The summed E-state index contributed by atoms with van der Waals surface area (Å²) in [6, 6.07) is 10.4. The first-order chi connectivity index (χ1) is 9.61. The van der Waals surface area contributed by atoms with E-state index in [2.05, 4.69) is 53.1 Å². The van der Waals surface area contributed by atoms with Crippen molar-refractivity contribution in [2.75, 3.05) is 0 Å². The molecule has 0 aliphatic rings. The fraction of sp³-hybridized carbons (Fsp3) is 0.250. The normalized spacial score (nSPS) is 11.4. The number of pyridine rings is 1. The largest absolute Gasteiger partial charge is 0.333 e. The zero-order valence-electron chi connectivity index (χ0n) is 11.8. The van der Waals surface area contributed by atoms with E-state index in [0.29, 0.717) is 5.25 Å². The monoisotopic (exact) mass is 283 g/mol. The van der Waals surface area contributed by atoms with Crippen molar-refractivity contribution in [3.63, 3.8) is 0 Å². The third-order valence-electron chi connectivity index (χ3n) is 3.05. The molecule has 102 valence electrons. The summed E-state index contributed by atoms with van der Waals surface area (Å²) in [7, 11) is 0. The van der Waals surface area contributed by atoms with Gasteiger partial charge in [-0.15, -0.1) is 0 Å². The molecule has 0 aliphatic heterocycles. The van der Waals surface area contributed by atoms with Crippen LogP contribution in [0, 0.1) is 6.92 Å². The van der Waals surface area contributed by atoms with Crippen LogP contribution in [0.25, 0.3) is 22.2 Å². The lowest BCUT2D eigenvalue weighted by atomic mass is 10.1. The Kier molecular flexibility index (Phi) is 3.49. The van der Waals surface area contributed by atoms with Crippen molar-refractivity contribution in [1.82, 2.24) is 15.0 Å². The first-order valence-corrected chi connectivity index (χ1v) is 7.59. The summed E-state index contributed by atoms with van der Waals surface area (Å²) in [6.45, 7) is 6.33. The van der Waals surface area contributed by atoms with Crippen LogP contribution >= 0.6 is 11.8 Å². The van der Waals surface area contributed by atoms with Crippen molar-refractivity contribution >= 4 is 22.8 Å². The van der Waals surface area contributed by atoms with Gasteiger partial charge in [0.25, 0.3) is 0 Å².